The number of nitrogens with two attached hydrogens (primary N) is 1. The first-order valence-electron chi connectivity index (χ1n) is 13.6. The average Bonchev–Trinajstić information content (AvgIpc) is 2.85. The summed E-state index contributed by atoms with van der Waals surface area (Å²) in [6, 6.07) is 0.776. The largest absolute Gasteiger partial charge is 0.507 e. The monoisotopic (exact) mass is 560 g/mol. The number of fused-ring (bicyclic) bond motifs is 3. The molecule has 0 aliphatic heterocycles. The lowest BCUT2D eigenvalue weighted by Crippen LogP contribution is -2.75. The topological polar surface area (TPSA) is 194 Å². The van der Waals surface area contributed by atoms with Crippen molar-refractivity contribution in [2.45, 2.75) is 56.5 Å². The molecule has 3 aliphatic rings. The highest BCUT2D eigenvalue weighted by Crippen LogP contribution is 2.52. The number of hydrogen-bond acceptors (Lipinski definition) is 11. The van der Waals surface area contributed by atoms with Crippen LogP contribution in [0.15, 0.2) is 6.07 Å². The molecule has 0 heterocycles. The van der Waals surface area contributed by atoms with Crippen molar-refractivity contribution < 1.29 is 39.6 Å². The zero-order valence-corrected chi connectivity index (χ0v) is 23.5. The Labute approximate surface area is 233 Å². The van der Waals surface area contributed by atoms with Gasteiger partial charge in [0.1, 0.15) is 11.7 Å². The minimum Gasteiger partial charge on any atom is -0.507 e. The van der Waals surface area contributed by atoms with Gasteiger partial charge in [0, 0.05) is 56.5 Å². The number of hydrogen-bond donors (Lipinski definition) is 6. The molecule has 7 N–H and O–H groups in total. The van der Waals surface area contributed by atoms with Gasteiger partial charge < -0.3 is 41.3 Å². The van der Waals surface area contributed by atoms with Crippen molar-refractivity contribution in [3.63, 3.8) is 0 Å². The molecule has 12 nitrogen and oxygen atoms in total. The van der Waals surface area contributed by atoms with Crippen molar-refractivity contribution in [2.75, 3.05) is 39.7 Å². The lowest BCUT2D eigenvalue weighted by atomic mass is 9.52. The number of rotatable bonds is 8. The number of anilines is 1. The summed E-state index contributed by atoms with van der Waals surface area (Å²) < 4.78 is 0. The number of primary amides is 1. The Morgan fingerprint density at radius 2 is 1.85 bits per heavy atom. The van der Waals surface area contributed by atoms with Gasteiger partial charge in [-0.2, -0.15) is 0 Å². The molecule has 1 aromatic rings. The molecule has 5 unspecified atom stereocenters. The molecule has 3 aliphatic carbocycles. The molecule has 220 valence electrons. The highest BCUT2D eigenvalue weighted by atomic mass is 16.3. The third-order valence-electron chi connectivity index (χ3n) is 9.03. The number of likely N-dealkylation sites (N-methyl/N-ethyl adjacent to an activating group) is 1. The summed E-state index contributed by atoms with van der Waals surface area (Å²) in [5.74, 6) is -9.24. The number of carbonyl (C=O) groups is 4. The summed E-state index contributed by atoms with van der Waals surface area (Å²) in [5, 5.41) is 46.4. The molecule has 0 saturated heterocycles. The number of aliphatic hydroxyl groups excluding tert-OH is 2. The normalized spacial score (nSPS) is 32.4. The number of benzene rings is 1. The third-order valence-corrected chi connectivity index (χ3v) is 9.03. The van der Waals surface area contributed by atoms with Gasteiger partial charge in [-0.3, -0.25) is 19.2 Å². The van der Waals surface area contributed by atoms with Gasteiger partial charge in [0.05, 0.1) is 17.6 Å². The van der Waals surface area contributed by atoms with E-state index in [2.05, 4.69) is 5.32 Å². The first kappa shape index (κ1) is 30.1. The van der Waals surface area contributed by atoms with Crippen LogP contribution in [0.4, 0.5) is 5.69 Å². The van der Waals surface area contributed by atoms with Crippen LogP contribution in [-0.4, -0.2) is 107 Å². The first-order chi connectivity index (χ1) is 18.7. The Kier molecular flexibility index (Phi) is 8.14. The van der Waals surface area contributed by atoms with Crippen molar-refractivity contribution in [1.82, 2.24) is 10.2 Å². The zero-order valence-electron chi connectivity index (χ0n) is 23.5. The smallest absolute Gasteiger partial charge is 0.230 e. The van der Waals surface area contributed by atoms with E-state index in [1.165, 1.54) is 0 Å². The Morgan fingerprint density at radius 1 is 1.20 bits per heavy atom. The molecule has 0 spiro atoms. The number of carbonyl (C=O) groups excluding carboxylic acids is 4. The molecule has 40 heavy (non-hydrogen) atoms. The van der Waals surface area contributed by atoms with Gasteiger partial charge in [0.2, 0.25) is 5.91 Å². The van der Waals surface area contributed by atoms with Gasteiger partial charge >= 0.3 is 0 Å². The number of Topliss-reactive ketones (excluding diaryl/α,β-unsaturated/α-hetero) is 3. The van der Waals surface area contributed by atoms with Crippen LogP contribution in [0, 0.1) is 23.7 Å². The Bertz CT molecular complexity index is 1230. The molecule has 8 atom stereocenters. The fraction of sp³-hybridized carbons (Fsp3) is 0.643. The maximum absolute atomic E-state index is 14.0. The molecule has 2 fully saturated rings. The summed E-state index contributed by atoms with van der Waals surface area (Å²) in [6.45, 7) is 2.07. The first-order valence-corrected chi connectivity index (χ1v) is 13.6. The van der Waals surface area contributed by atoms with Gasteiger partial charge in [0.25, 0.3) is 0 Å². The summed E-state index contributed by atoms with van der Waals surface area (Å²) >= 11 is 0. The highest BCUT2D eigenvalue weighted by Gasteiger charge is 2.69. The molecule has 4 rings (SSSR count). The van der Waals surface area contributed by atoms with E-state index in [1.54, 1.807) is 25.1 Å². The Morgan fingerprint density at radius 3 is 2.40 bits per heavy atom. The molecule has 1 aromatic carbocycles. The second-order valence-corrected chi connectivity index (χ2v) is 11.9. The standard InChI is InChI=1S/C28H40N4O8/c1-12(6-7-33)30-11-14-10-17(31(2)3)15-8-13-9-16-21(32(4)5)24(36)20(27(29)39)26(38)28(16,40)25(37)18(13)23(35)19(15)22(14)34/h10,12-13,16,18,20-21,24,30,33-34,36,40H,6-9,11H2,1-5H3,(H2,29,39)/t12?,13-,16-,18?,20?,21?,24?,28-/m1/s1. The van der Waals surface area contributed by atoms with E-state index in [-0.39, 0.29) is 43.3 Å². The van der Waals surface area contributed by atoms with E-state index < -0.39 is 64.7 Å². The van der Waals surface area contributed by atoms with Crippen LogP contribution in [0.5, 0.6) is 5.75 Å². The van der Waals surface area contributed by atoms with E-state index in [0.717, 1.165) is 0 Å². The maximum Gasteiger partial charge on any atom is 0.230 e. The molecular formula is C28H40N4O8. The van der Waals surface area contributed by atoms with Crippen LogP contribution in [0.1, 0.15) is 41.3 Å². The van der Waals surface area contributed by atoms with Gasteiger partial charge in [-0.25, -0.2) is 0 Å². The highest BCUT2D eigenvalue weighted by molar-refractivity contribution is 6.25. The molecule has 0 bridgehead atoms. The molecule has 2 saturated carbocycles. The lowest BCUT2D eigenvalue weighted by Gasteiger charge is -2.55. The average molecular weight is 561 g/mol. The minimum atomic E-state index is -2.69. The summed E-state index contributed by atoms with van der Waals surface area (Å²) in [5.41, 5.74) is 4.40. The van der Waals surface area contributed by atoms with Crippen molar-refractivity contribution in [1.29, 1.82) is 0 Å². The number of aromatic hydroxyl groups is 1. The Balaban J connectivity index is 1.82. The predicted molar refractivity (Wildman–Crippen MR) is 145 cm³/mol. The molecule has 1 amide bonds. The maximum atomic E-state index is 14.0. The second-order valence-electron chi connectivity index (χ2n) is 11.9. The summed E-state index contributed by atoms with van der Waals surface area (Å²) in [4.78, 5) is 57.1. The van der Waals surface area contributed by atoms with E-state index in [0.29, 0.717) is 23.2 Å². The molecular weight excluding hydrogens is 520 g/mol. The van der Waals surface area contributed by atoms with Gasteiger partial charge in [-0.1, -0.05) is 0 Å². The fourth-order valence-electron chi connectivity index (χ4n) is 7.04. The van der Waals surface area contributed by atoms with Crippen LogP contribution < -0.4 is 16.0 Å². The zero-order chi connectivity index (χ0) is 29.8. The third kappa shape index (κ3) is 4.51. The fourth-order valence-corrected chi connectivity index (χ4v) is 7.04. The Hall–Kier alpha value is -2.90. The van der Waals surface area contributed by atoms with Crippen LogP contribution in [0.3, 0.4) is 0 Å². The van der Waals surface area contributed by atoms with Crippen LogP contribution >= 0.6 is 0 Å². The van der Waals surface area contributed by atoms with Gasteiger partial charge in [-0.05, 0) is 57.8 Å². The quantitative estimate of drug-likeness (QED) is 0.204. The van der Waals surface area contributed by atoms with Crippen molar-refractivity contribution in [2.24, 2.45) is 29.4 Å². The number of phenols is 1. The predicted octanol–water partition coefficient (Wildman–Crippen LogP) is -1.41. The van der Waals surface area contributed by atoms with Crippen LogP contribution in [0.25, 0.3) is 0 Å². The molecule has 0 radical (unpaired) electrons. The SMILES string of the molecule is CC(CCO)NCc1cc(N(C)C)c2c(c1O)C(=O)C1C(=O)[C@@]3(O)C(=O)C(C(N)=O)C(O)C(N(C)C)[C@H]3C[C@H]1C2. The van der Waals surface area contributed by atoms with Gasteiger partial charge in [0.15, 0.2) is 23.0 Å². The summed E-state index contributed by atoms with van der Waals surface area (Å²) in [6.07, 6.45) is -0.758. The molecule has 12 heteroatoms. The lowest BCUT2D eigenvalue weighted by molar-refractivity contribution is -0.190. The number of nitrogens with one attached hydrogen (secondary N) is 1. The van der Waals surface area contributed by atoms with Gasteiger partial charge in [-0.15, -0.1) is 0 Å². The number of aliphatic hydroxyl groups is 3. The van der Waals surface area contributed by atoms with Crippen molar-refractivity contribution >= 4 is 28.9 Å². The van der Waals surface area contributed by atoms with Crippen LogP contribution in [0.2, 0.25) is 0 Å². The molecule has 0 aromatic heterocycles. The number of amides is 1. The second kappa shape index (κ2) is 10.8. The van der Waals surface area contributed by atoms with E-state index >= 15 is 0 Å². The van der Waals surface area contributed by atoms with Crippen LogP contribution in [-0.2, 0) is 27.3 Å². The number of ketones is 3. The van der Waals surface area contributed by atoms with E-state index in [9.17, 15) is 39.6 Å². The summed E-state index contributed by atoms with van der Waals surface area (Å²) in [7, 11) is 6.84. The van der Waals surface area contributed by atoms with E-state index in [4.69, 9.17) is 5.73 Å². The minimum absolute atomic E-state index is 0.0120. The number of nitrogens with zero attached hydrogens (tertiary/aromatic N) is 2. The van der Waals surface area contributed by atoms with E-state index in [1.807, 2.05) is 25.9 Å². The van der Waals surface area contributed by atoms with Crippen molar-refractivity contribution in [3.05, 3.63) is 22.8 Å². The number of phenolic OH excluding ortho intramolecular Hbond substituents is 1. The van der Waals surface area contributed by atoms with Crippen molar-refractivity contribution in [3.8, 4) is 5.75 Å².